The van der Waals surface area contributed by atoms with E-state index < -0.39 is 11.6 Å². The quantitative estimate of drug-likeness (QED) is 0.416. The summed E-state index contributed by atoms with van der Waals surface area (Å²) in [6.45, 7) is 8.64. The highest BCUT2D eigenvalue weighted by atomic mass is 19.1. The predicted molar refractivity (Wildman–Crippen MR) is 111 cm³/mol. The van der Waals surface area contributed by atoms with Gasteiger partial charge in [0.25, 0.3) is 0 Å². The SMILES string of the molecule is C#C/C(=C(F)\C=C/C(=C)CC1=C[CH]1)c1c(F)cc(OC2CCOC2)cc1C=C.[HH]. The zero-order valence-electron chi connectivity index (χ0n) is 15.5. The first-order valence-corrected chi connectivity index (χ1v) is 8.98. The van der Waals surface area contributed by atoms with Gasteiger partial charge in [-0.05, 0) is 24.1 Å². The topological polar surface area (TPSA) is 18.5 Å². The highest BCUT2D eigenvalue weighted by Gasteiger charge is 2.20. The summed E-state index contributed by atoms with van der Waals surface area (Å²) in [6.07, 6.45) is 14.9. The smallest absolute Gasteiger partial charge is 0.139 e. The Morgan fingerprint density at radius 3 is 2.82 bits per heavy atom. The molecule has 0 saturated carbocycles. The number of halogens is 2. The van der Waals surface area contributed by atoms with Crippen molar-refractivity contribution in [1.82, 2.24) is 0 Å². The molecular formula is C24H23F2O2. The van der Waals surface area contributed by atoms with Crippen molar-refractivity contribution in [2.45, 2.75) is 18.9 Å². The minimum atomic E-state index is -0.711. The van der Waals surface area contributed by atoms with Crippen LogP contribution in [0.5, 0.6) is 5.75 Å². The highest BCUT2D eigenvalue weighted by molar-refractivity contribution is 5.86. The van der Waals surface area contributed by atoms with Crippen LogP contribution in [0, 0.1) is 24.6 Å². The van der Waals surface area contributed by atoms with Gasteiger partial charge < -0.3 is 9.47 Å². The molecule has 145 valence electrons. The minimum absolute atomic E-state index is 0. The summed E-state index contributed by atoms with van der Waals surface area (Å²) in [5, 5.41) is 0. The molecule has 1 unspecified atom stereocenters. The van der Waals surface area contributed by atoms with Crippen LogP contribution in [0.2, 0.25) is 0 Å². The fourth-order valence-corrected chi connectivity index (χ4v) is 2.93. The van der Waals surface area contributed by atoms with Crippen LogP contribution < -0.4 is 4.74 Å². The van der Waals surface area contributed by atoms with E-state index in [0.29, 0.717) is 30.9 Å². The van der Waals surface area contributed by atoms with Crippen LogP contribution in [-0.2, 0) is 4.74 Å². The molecule has 0 aromatic heterocycles. The molecule has 1 saturated heterocycles. The minimum Gasteiger partial charge on any atom is -0.488 e. The van der Waals surface area contributed by atoms with Crippen LogP contribution >= 0.6 is 0 Å². The molecule has 0 bridgehead atoms. The molecule has 1 atom stereocenters. The molecule has 0 spiro atoms. The first-order chi connectivity index (χ1) is 13.5. The van der Waals surface area contributed by atoms with E-state index in [4.69, 9.17) is 15.9 Å². The molecule has 1 radical (unpaired) electrons. The Morgan fingerprint density at radius 1 is 1.43 bits per heavy atom. The summed E-state index contributed by atoms with van der Waals surface area (Å²) in [7, 11) is 0. The second kappa shape index (κ2) is 8.86. The predicted octanol–water partition coefficient (Wildman–Crippen LogP) is 5.84. The molecule has 0 amide bonds. The molecule has 2 aliphatic rings. The number of hydrogen-bond acceptors (Lipinski definition) is 2. The molecule has 2 nitrogen and oxygen atoms in total. The van der Waals surface area contributed by atoms with E-state index in [0.717, 1.165) is 17.6 Å². The van der Waals surface area contributed by atoms with Gasteiger partial charge in [0.15, 0.2) is 0 Å². The lowest BCUT2D eigenvalue weighted by molar-refractivity contribution is 0.141. The van der Waals surface area contributed by atoms with E-state index in [1.54, 1.807) is 12.1 Å². The maximum atomic E-state index is 14.8. The van der Waals surface area contributed by atoms with E-state index in [9.17, 15) is 8.78 Å². The molecule has 4 heteroatoms. The molecule has 0 N–H and O–H groups in total. The molecule has 28 heavy (non-hydrogen) atoms. The van der Waals surface area contributed by atoms with Crippen LogP contribution in [0.4, 0.5) is 8.78 Å². The molecule has 1 aromatic rings. The summed E-state index contributed by atoms with van der Waals surface area (Å²) < 4.78 is 40.6. The molecule has 1 aliphatic heterocycles. The average Bonchev–Trinajstić information content (AvgIpc) is 3.34. The van der Waals surface area contributed by atoms with Gasteiger partial charge in [0, 0.05) is 25.9 Å². The van der Waals surface area contributed by atoms with Gasteiger partial charge in [0.05, 0.1) is 18.8 Å². The van der Waals surface area contributed by atoms with Crippen LogP contribution in [0.25, 0.3) is 11.6 Å². The van der Waals surface area contributed by atoms with E-state index in [-0.39, 0.29) is 18.7 Å². The van der Waals surface area contributed by atoms with Crippen LogP contribution in [0.3, 0.4) is 0 Å². The van der Waals surface area contributed by atoms with E-state index in [2.05, 4.69) is 19.1 Å². The van der Waals surface area contributed by atoms with Crippen molar-refractivity contribution in [2.24, 2.45) is 0 Å². The van der Waals surface area contributed by atoms with Gasteiger partial charge in [0.1, 0.15) is 23.5 Å². The molecule has 1 aliphatic carbocycles. The highest BCUT2D eigenvalue weighted by Crippen LogP contribution is 2.32. The maximum Gasteiger partial charge on any atom is 0.139 e. The Kier molecular flexibility index (Phi) is 6.28. The normalized spacial score (nSPS) is 19.0. The lowest BCUT2D eigenvalue weighted by Gasteiger charge is -2.15. The lowest BCUT2D eigenvalue weighted by atomic mass is 9.97. The Hall–Kier alpha value is -2.90. The third kappa shape index (κ3) is 4.88. The standard InChI is InChI=1S/C24H21F2O2.H2/c1-4-18-13-20(28-19-10-11-27-15-19)14-23(26)24(18)21(5-2)22(25)9-6-16(3)12-17-7-8-17;/h2,4,6-9,13-14,19H,1,3,10-12,15H2;1H/b9-6-,22-21-;. The molecule has 1 heterocycles. The van der Waals surface area contributed by atoms with Gasteiger partial charge in [-0.2, -0.15) is 0 Å². The first-order valence-electron chi connectivity index (χ1n) is 8.98. The van der Waals surface area contributed by atoms with Crippen molar-refractivity contribution in [2.75, 3.05) is 13.2 Å². The lowest BCUT2D eigenvalue weighted by Crippen LogP contribution is -2.16. The van der Waals surface area contributed by atoms with E-state index >= 15 is 0 Å². The Balaban J connectivity index is 0.00000300. The Bertz CT molecular complexity index is 929. The van der Waals surface area contributed by atoms with E-state index in [1.807, 2.05) is 12.5 Å². The maximum absolute atomic E-state index is 14.8. The monoisotopic (exact) mass is 381 g/mol. The average molecular weight is 381 g/mol. The largest absolute Gasteiger partial charge is 0.488 e. The molecule has 1 aromatic carbocycles. The van der Waals surface area contributed by atoms with Crippen LogP contribution in [-0.4, -0.2) is 19.3 Å². The van der Waals surface area contributed by atoms with Crippen molar-refractivity contribution in [3.63, 3.8) is 0 Å². The van der Waals surface area contributed by atoms with Crippen LogP contribution in [0.15, 0.2) is 60.5 Å². The molecule has 1 fully saturated rings. The van der Waals surface area contributed by atoms with Crippen molar-refractivity contribution < 1.29 is 19.7 Å². The molecular weight excluding hydrogens is 358 g/mol. The Labute approximate surface area is 166 Å². The fraction of sp³-hybridized carbons (Fsp3) is 0.208. The van der Waals surface area contributed by atoms with E-state index in [1.165, 1.54) is 18.2 Å². The van der Waals surface area contributed by atoms with Crippen molar-refractivity contribution >= 4 is 11.6 Å². The van der Waals surface area contributed by atoms with Crippen molar-refractivity contribution in [3.8, 4) is 18.1 Å². The first kappa shape index (κ1) is 19.9. The van der Waals surface area contributed by atoms with Gasteiger partial charge in [-0.1, -0.05) is 48.5 Å². The molecule has 3 rings (SSSR count). The summed E-state index contributed by atoms with van der Waals surface area (Å²) in [4.78, 5) is 0. The van der Waals surface area contributed by atoms with Crippen LogP contribution in [0.1, 0.15) is 25.4 Å². The summed E-state index contributed by atoms with van der Waals surface area (Å²) in [6, 6.07) is 2.82. The third-order valence-electron chi connectivity index (χ3n) is 4.44. The zero-order valence-corrected chi connectivity index (χ0v) is 15.5. The number of ether oxygens (including phenoxy) is 2. The number of hydrogen-bond donors (Lipinski definition) is 0. The number of rotatable bonds is 8. The summed E-state index contributed by atoms with van der Waals surface area (Å²) >= 11 is 0. The zero-order chi connectivity index (χ0) is 20.1. The summed E-state index contributed by atoms with van der Waals surface area (Å²) in [5.74, 6) is 1.22. The van der Waals surface area contributed by atoms with Gasteiger partial charge in [-0.15, -0.1) is 6.42 Å². The fourth-order valence-electron chi connectivity index (χ4n) is 2.93. The second-order valence-electron chi connectivity index (χ2n) is 6.62. The number of terminal acetylenes is 1. The van der Waals surface area contributed by atoms with Gasteiger partial charge in [0.2, 0.25) is 0 Å². The van der Waals surface area contributed by atoms with Gasteiger partial charge in [-0.3, -0.25) is 0 Å². The number of benzene rings is 1. The van der Waals surface area contributed by atoms with Crippen molar-refractivity contribution in [1.29, 1.82) is 0 Å². The second-order valence-corrected chi connectivity index (χ2v) is 6.62. The third-order valence-corrected chi connectivity index (χ3v) is 4.44. The van der Waals surface area contributed by atoms with Gasteiger partial charge in [-0.25, -0.2) is 8.78 Å². The van der Waals surface area contributed by atoms with Gasteiger partial charge >= 0.3 is 0 Å². The van der Waals surface area contributed by atoms with Crippen molar-refractivity contribution in [3.05, 3.63) is 83.9 Å². The number of allylic oxidation sites excluding steroid dienone is 7. The Morgan fingerprint density at radius 2 is 2.21 bits per heavy atom. The summed E-state index contributed by atoms with van der Waals surface area (Å²) in [5.41, 5.74) is 2.06.